The molecule has 2 atom stereocenters. The average molecular weight is 1190 g/mol. The number of carboxylic acids is 1. The first-order chi connectivity index (χ1) is 30.8. The maximum Gasteiger partial charge on any atom is 0.326 e. The smallest absolute Gasteiger partial charge is 0.326 e. The summed E-state index contributed by atoms with van der Waals surface area (Å²) in [6.07, 6.45) is 20.9. The maximum atomic E-state index is 12.3. The number of carbonyl (C=O) groups is 5. The van der Waals surface area contributed by atoms with Crippen LogP contribution in [0.15, 0.2) is 0 Å². The molecule has 0 bridgehead atoms. The van der Waals surface area contributed by atoms with Crippen molar-refractivity contribution in [2.45, 2.75) is 175 Å². The van der Waals surface area contributed by atoms with Crippen molar-refractivity contribution in [2.75, 3.05) is 78.7 Å². The summed E-state index contributed by atoms with van der Waals surface area (Å²) in [7, 11) is -3.84. The minimum atomic E-state index is -3.84. The van der Waals surface area contributed by atoms with Crippen LogP contribution in [-0.4, -0.2) is 142 Å². The number of aliphatic carboxylic acids is 1. The molecule has 19 nitrogen and oxygen atoms in total. The molecule has 0 heterocycles. The molecule has 0 aromatic heterocycles. The molecule has 388 valence electrons. The van der Waals surface area contributed by atoms with E-state index in [0.29, 0.717) is 38.6 Å². The van der Waals surface area contributed by atoms with E-state index in [1.165, 1.54) is 51.4 Å². The van der Waals surface area contributed by atoms with Crippen LogP contribution < -0.4 is 27.0 Å². The van der Waals surface area contributed by atoms with Crippen molar-refractivity contribution in [1.82, 2.24) is 21.3 Å². The molecule has 0 aliphatic heterocycles. The molecule has 0 aliphatic carbocycles. The predicted octanol–water partition coefficient (Wildman–Crippen LogP) is 4.83. The van der Waals surface area contributed by atoms with Crippen LogP contribution in [0.4, 0.5) is 0 Å². The Hall–Kier alpha value is -1.98. The summed E-state index contributed by atoms with van der Waals surface area (Å²) >= 11 is 0. The summed E-state index contributed by atoms with van der Waals surface area (Å²) in [4.78, 5) is 87.9. The number of carbonyl (C=O) groups excluding carboxylic acids is 5. The Balaban J connectivity index is -0.00000473. The minimum absolute atomic E-state index is 0. The number of hydrogen-bond donors (Lipinski definition) is 8. The molecule has 0 aromatic rings. The molecule has 0 aromatic carbocycles. The molecule has 21 heteroatoms. The Bertz CT molecular complexity index is 1240. The Morgan fingerprint density at radius 1 is 0.545 bits per heavy atom. The van der Waals surface area contributed by atoms with Crippen molar-refractivity contribution in [3.8, 4) is 0 Å². The normalized spacial score (nSPS) is 11.7. The van der Waals surface area contributed by atoms with Crippen molar-refractivity contribution in [3.05, 3.63) is 0 Å². The Kier molecular flexibility index (Phi) is 56.0. The van der Waals surface area contributed by atoms with Gasteiger partial charge in [-0.2, -0.15) is 0 Å². The SMILES string of the molecule is C.CC.N[C@H]([C-]=O)CCCCNC(=O)COCCOCCNC(=O)COCCOCCNC(=O)CC[C@H](NC(=O)CCCCCCCCCCCCCCCCCCP(=O)(O)O)C(=O)O.[U]. The van der Waals surface area contributed by atoms with Gasteiger partial charge in [0.25, 0.3) is 0 Å². The van der Waals surface area contributed by atoms with E-state index in [-0.39, 0.29) is 154 Å². The van der Waals surface area contributed by atoms with E-state index in [0.717, 1.165) is 38.5 Å². The second-order valence-electron chi connectivity index (χ2n) is 15.4. The third-order valence-corrected chi connectivity index (χ3v) is 10.6. The van der Waals surface area contributed by atoms with E-state index in [2.05, 4.69) is 21.3 Å². The van der Waals surface area contributed by atoms with E-state index >= 15 is 0 Å². The molecule has 0 rings (SSSR count). The summed E-state index contributed by atoms with van der Waals surface area (Å²) < 4.78 is 32.1. The van der Waals surface area contributed by atoms with Gasteiger partial charge in [0.2, 0.25) is 23.6 Å². The summed E-state index contributed by atoms with van der Waals surface area (Å²) in [5.41, 5.74) is 5.45. The van der Waals surface area contributed by atoms with Gasteiger partial charge in [0.15, 0.2) is 0 Å². The Morgan fingerprint density at radius 3 is 1.39 bits per heavy atom. The zero-order valence-corrected chi connectivity index (χ0v) is 44.6. The van der Waals surface area contributed by atoms with Crippen molar-refractivity contribution in [3.63, 3.8) is 0 Å². The standard InChI is InChI=1S/C42H79N5O14P.C2H6.CH4.U/c43-36(33-48)19-16-17-23-44-40(51)34-60-30-29-59-27-25-46-41(52)35-61-31-28-58-26-24-45-38(49)22-21-37(42(53)54)47-39(50)20-15-13-11-9-7-5-3-1-2-4-6-8-10-12-14-18-32-62(55,56)57;1-2;;/h36-37H,1-32,34-35,43H2,(H,44,51)(H,45,49)(H,46,52)(H,47,50)(H,53,54)(H2,55,56,57);1-2H3;1H4;/q-1;;;/t36-,37-;;;/m0.../s1. The van der Waals surface area contributed by atoms with E-state index in [1.807, 2.05) is 13.8 Å². The first kappa shape index (κ1) is 70.6. The molecule has 0 spiro atoms. The van der Waals surface area contributed by atoms with Crippen molar-refractivity contribution in [1.29, 1.82) is 0 Å². The maximum absolute atomic E-state index is 12.3. The summed E-state index contributed by atoms with van der Waals surface area (Å²) in [6.45, 7) is 5.97. The molecule has 0 saturated heterocycles. The fraction of sp³-hybridized carbons (Fsp3) is 0.867. The van der Waals surface area contributed by atoms with Gasteiger partial charge in [-0.1, -0.05) is 130 Å². The van der Waals surface area contributed by atoms with Crippen LogP contribution in [0.5, 0.6) is 0 Å². The van der Waals surface area contributed by atoms with Crippen molar-refractivity contribution >= 4 is 43.5 Å². The van der Waals surface area contributed by atoms with Gasteiger partial charge in [-0.05, 0) is 25.7 Å². The van der Waals surface area contributed by atoms with Crippen LogP contribution in [-0.2, 0) is 52.3 Å². The van der Waals surface area contributed by atoms with E-state index in [1.54, 1.807) is 6.29 Å². The summed E-state index contributed by atoms with van der Waals surface area (Å²) in [5.74, 6) is -2.45. The number of carboxylic acid groups (broad SMARTS) is 1. The number of nitrogens with two attached hydrogens (primary N) is 1. The number of unbranched alkanes of at least 4 members (excludes halogenated alkanes) is 16. The average Bonchev–Trinajstić information content (AvgIpc) is 3.26. The Labute approximate surface area is 419 Å². The molecule has 0 aliphatic rings. The number of ether oxygens (including phenoxy) is 4. The zero-order chi connectivity index (χ0) is 47.9. The van der Waals surface area contributed by atoms with E-state index in [9.17, 15) is 38.4 Å². The summed E-state index contributed by atoms with van der Waals surface area (Å²) in [6, 6.07) is -1.73. The van der Waals surface area contributed by atoms with Gasteiger partial charge in [-0.15, -0.1) is 0 Å². The van der Waals surface area contributed by atoms with Gasteiger partial charge in [-0.25, -0.2) is 11.1 Å². The molecule has 66 heavy (non-hydrogen) atoms. The van der Waals surface area contributed by atoms with Crippen LogP contribution in [0.3, 0.4) is 0 Å². The van der Waals surface area contributed by atoms with Crippen LogP contribution in [0, 0.1) is 31.1 Å². The first-order valence-corrected chi connectivity index (χ1v) is 25.4. The van der Waals surface area contributed by atoms with Crippen LogP contribution in [0.25, 0.3) is 0 Å². The van der Waals surface area contributed by atoms with Gasteiger partial charge in [0.05, 0.1) is 39.6 Å². The third-order valence-electron chi connectivity index (χ3n) is 9.66. The number of hydrogen-bond acceptors (Lipinski definition) is 12. The molecular formula is C45H89N5O14PU-. The van der Waals surface area contributed by atoms with Crippen molar-refractivity contribution in [2.24, 2.45) is 5.73 Å². The largest absolute Gasteiger partial charge is 0.540 e. The van der Waals surface area contributed by atoms with Crippen molar-refractivity contribution < 1.29 is 98.3 Å². The molecule has 0 radical (unpaired) electrons. The first-order valence-electron chi connectivity index (χ1n) is 23.6. The van der Waals surface area contributed by atoms with Gasteiger partial charge in [0.1, 0.15) is 19.3 Å². The van der Waals surface area contributed by atoms with Gasteiger partial charge < -0.3 is 65.6 Å². The molecule has 0 fully saturated rings. The zero-order valence-electron chi connectivity index (χ0n) is 39.6. The number of nitrogens with one attached hydrogen (secondary N) is 4. The third kappa shape index (κ3) is 54.6. The topological polar surface area (TPSA) is 291 Å². The van der Waals surface area contributed by atoms with E-state index in [4.69, 9.17) is 34.5 Å². The molecule has 0 saturated carbocycles. The fourth-order valence-corrected chi connectivity index (χ4v) is 6.77. The quantitative estimate of drug-likeness (QED) is 0.0230. The van der Waals surface area contributed by atoms with Crippen LogP contribution >= 0.6 is 7.60 Å². The summed E-state index contributed by atoms with van der Waals surface area (Å²) in [5, 5.41) is 20.1. The molecule has 4 amide bonds. The van der Waals surface area contributed by atoms with Crippen LogP contribution in [0.1, 0.15) is 163 Å². The molecule has 9 N–H and O–H groups in total. The second kappa shape index (κ2) is 52.4. The predicted molar refractivity (Wildman–Crippen MR) is 252 cm³/mol. The molecular weight excluding hydrogens is 1100 g/mol. The minimum Gasteiger partial charge on any atom is -0.540 e. The number of amides is 4. The van der Waals surface area contributed by atoms with Gasteiger partial charge >= 0.3 is 13.6 Å². The van der Waals surface area contributed by atoms with E-state index < -0.39 is 25.6 Å². The van der Waals surface area contributed by atoms with Crippen LogP contribution in [0.2, 0.25) is 0 Å². The van der Waals surface area contributed by atoms with Gasteiger partial charge in [0, 0.05) is 69.8 Å². The Morgan fingerprint density at radius 2 is 0.955 bits per heavy atom. The van der Waals surface area contributed by atoms with Gasteiger partial charge in [-0.3, -0.25) is 23.7 Å². The fourth-order valence-electron chi connectivity index (χ4n) is 6.14. The second-order valence-corrected chi connectivity index (χ2v) is 17.2. The monoisotopic (exact) mass is 1190 g/mol. The molecule has 0 unspecified atom stereocenters. The number of rotatable bonds is 46.